The molecule has 1 aromatic heterocycles. The normalized spacial score (nSPS) is 23.2. The lowest BCUT2D eigenvalue weighted by molar-refractivity contribution is -0.270. The molecule has 1 fully saturated rings. The first-order valence-corrected chi connectivity index (χ1v) is 12.7. The van der Waals surface area contributed by atoms with Gasteiger partial charge in [-0.3, -0.25) is 19.2 Å². The van der Waals surface area contributed by atoms with Crippen molar-refractivity contribution in [3.05, 3.63) is 29.5 Å². The van der Waals surface area contributed by atoms with Crippen molar-refractivity contribution in [1.82, 2.24) is 9.78 Å². The van der Waals surface area contributed by atoms with Gasteiger partial charge in [-0.2, -0.15) is 5.10 Å². The number of methoxy groups -OCH3 is 2. The highest BCUT2D eigenvalue weighted by Crippen LogP contribution is 2.43. The Morgan fingerprint density at radius 1 is 0.825 bits per heavy atom. The minimum Gasteiger partial charge on any atom is -0.493 e. The van der Waals surface area contributed by atoms with Crippen LogP contribution in [-0.4, -0.2) is 78.9 Å². The molecule has 13 heteroatoms. The standard InChI is InChI=1S/C27H32N2O11/c1-13(30)36-12-22-24(37-14(2)31)25(38-15(3)32)26(39-16(4)33)27(40-22)29-23-18(11-28-29)8-7-17-9-20(34-5)21(35-6)10-19(17)23/h9-11,22,24-27H,7-8,12H2,1-6H3/t22-,24-,25+,26-,27+/m1/s1. The van der Waals surface area contributed by atoms with E-state index < -0.39 is 54.5 Å². The van der Waals surface area contributed by atoms with Crippen LogP contribution >= 0.6 is 0 Å². The van der Waals surface area contributed by atoms with Gasteiger partial charge in [0.1, 0.15) is 12.7 Å². The fourth-order valence-electron chi connectivity index (χ4n) is 5.09. The number of aryl methyl sites for hydroxylation is 2. The first-order chi connectivity index (χ1) is 19.0. The van der Waals surface area contributed by atoms with Crippen LogP contribution in [-0.2, 0) is 55.7 Å². The molecule has 40 heavy (non-hydrogen) atoms. The van der Waals surface area contributed by atoms with Crippen molar-refractivity contribution >= 4 is 23.9 Å². The zero-order chi connectivity index (χ0) is 29.1. The summed E-state index contributed by atoms with van der Waals surface area (Å²) in [6, 6.07) is 3.72. The Hall–Kier alpha value is -4.13. The number of ether oxygens (including phenoxy) is 7. The second-order valence-corrected chi connectivity index (χ2v) is 9.42. The Balaban J connectivity index is 1.87. The Labute approximate surface area is 230 Å². The molecule has 0 spiro atoms. The van der Waals surface area contributed by atoms with Gasteiger partial charge in [0.2, 0.25) is 0 Å². The highest BCUT2D eigenvalue weighted by Gasteiger charge is 2.53. The zero-order valence-corrected chi connectivity index (χ0v) is 23.1. The van der Waals surface area contributed by atoms with Gasteiger partial charge in [-0.05, 0) is 36.1 Å². The van der Waals surface area contributed by atoms with Gasteiger partial charge >= 0.3 is 23.9 Å². The predicted octanol–water partition coefficient (Wildman–Crippen LogP) is 1.92. The van der Waals surface area contributed by atoms with E-state index >= 15 is 0 Å². The topological polar surface area (TPSA) is 151 Å². The molecule has 2 aliphatic rings. The molecule has 216 valence electrons. The maximum absolute atomic E-state index is 12.3. The summed E-state index contributed by atoms with van der Waals surface area (Å²) in [4.78, 5) is 48.2. The molecular formula is C27H32N2O11. The molecule has 2 heterocycles. The summed E-state index contributed by atoms with van der Waals surface area (Å²) >= 11 is 0. The van der Waals surface area contributed by atoms with Gasteiger partial charge in [-0.25, -0.2) is 4.68 Å². The third kappa shape index (κ3) is 5.88. The van der Waals surface area contributed by atoms with E-state index in [9.17, 15) is 19.2 Å². The first-order valence-electron chi connectivity index (χ1n) is 12.7. The Kier molecular flexibility index (Phi) is 8.62. The SMILES string of the molecule is COc1cc2c(cc1OC)-c1c(cnn1[C@H]1O[C@H](COC(C)=O)[C@@H](OC(C)=O)[C@H](OC(C)=O)[C@H]1OC(C)=O)CC2. The van der Waals surface area contributed by atoms with Crippen molar-refractivity contribution in [2.75, 3.05) is 20.8 Å². The van der Waals surface area contributed by atoms with Gasteiger partial charge in [0.05, 0.1) is 26.1 Å². The van der Waals surface area contributed by atoms with Crippen molar-refractivity contribution in [3.63, 3.8) is 0 Å². The molecule has 0 saturated carbocycles. The predicted molar refractivity (Wildman–Crippen MR) is 135 cm³/mol. The first kappa shape index (κ1) is 28.9. The number of hydrogen-bond acceptors (Lipinski definition) is 12. The van der Waals surface area contributed by atoms with E-state index in [0.29, 0.717) is 30.0 Å². The minimum absolute atomic E-state index is 0.334. The van der Waals surface area contributed by atoms with E-state index in [2.05, 4.69) is 5.10 Å². The molecule has 1 aromatic carbocycles. The lowest BCUT2D eigenvalue weighted by Crippen LogP contribution is -2.60. The van der Waals surface area contributed by atoms with E-state index in [1.54, 1.807) is 13.3 Å². The van der Waals surface area contributed by atoms with Gasteiger partial charge in [0, 0.05) is 33.3 Å². The summed E-state index contributed by atoms with van der Waals surface area (Å²) in [5.74, 6) is -1.63. The van der Waals surface area contributed by atoms with E-state index in [4.69, 9.17) is 33.2 Å². The largest absolute Gasteiger partial charge is 0.493 e. The summed E-state index contributed by atoms with van der Waals surface area (Å²) in [7, 11) is 3.09. The molecule has 0 bridgehead atoms. The average Bonchev–Trinajstić information content (AvgIpc) is 3.32. The lowest BCUT2D eigenvalue weighted by atomic mass is 9.89. The van der Waals surface area contributed by atoms with Crippen LogP contribution in [0.1, 0.15) is 45.0 Å². The second kappa shape index (κ2) is 11.9. The van der Waals surface area contributed by atoms with E-state index in [1.807, 2.05) is 12.1 Å². The molecule has 0 amide bonds. The molecule has 4 rings (SSSR count). The summed E-state index contributed by atoms with van der Waals surface area (Å²) in [5, 5.41) is 4.58. The maximum Gasteiger partial charge on any atom is 0.303 e. The maximum atomic E-state index is 12.3. The highest BCUT2D eigenvalue weighted by molar-refractivity contribution is 5.74. The number of carbonyl (C=O) groups is 4. The molecule has 0 N–H and O–H groups in total. The van der Waals surface area contributed by atoms with Crippen LogP contribution in [0.25, 0.3) is 11.3 Å². The van der Waals surface area contributed by atoms with Gasteiger partial charge in [0.15, 0.2) is 36.0 Å². The minimum atomic E-state index is -1.31. The van der Waals surface area contributed by atoms with Crippen molar-refractivity contribution in [2.45, 2.75) is 71.2 Å². The molecule has 2 aromatic rings. The lowest BCUT2D eigenvalue weighted by Gasteiger charge is -2.44. The molecule has 1 saturated heterocycles. The van der Waals surface area contributed by atoms with Gasteiger partial charge in [0.25, 0.3) is 0 Å². The molecule has 1 aliphatic heterocycles. The Morgan fingerprint density at radius 2 is 1.40 bits per heavy atom. The summed E-state index contributed by atoms with van der Waals surface area (Å²) in [6.45, 7) is 4.42. The van der Waals surface area contributed by atoms with Crippen LogP contribution in [0.15, 0.2) is 18.3 Å². The summed E-state index contributed by atoms with van der Waals surface area (Å²) in [6.07, 6.45) is -3.05. The number of rotatable bonds is 8. The number of benzene rings is 1. The Morgan fingerprint density at radius 3 is 2.00 bits per heavy atom. The van der Waals surface area contributed by atoms with Crippen molar-refractivity contribution < 1.29 is 52.3 Å². The van der Waals surface area contributed by atoms with E-state index in [1.165, 1.54) is 39.5 Å². The third-order valence-electron chi connectivity index (χ3n) is 6.61. The highest BCUT2D eigenvalue weighted by atomic mass is 16.7. The molecule has 0 unspecified atom stereocenters. The molecular weight excluding hydrogens is 528 g/mol. The van der Waals surface area contributed by atoms with Gasteiger partial charge in [-0.1, -0.05) is 0 Å². The zero-order valence-electron chi connectivity index (χ0n) is 23.1. The molecule has 0 radical (unpaired) electrons. The van der Waals surface area contributed by atoms with Crippen molar-refractivity contribution in [3.8, 4) is 22.8 Å². The molecule has 1 aliphatic carbocycles. The van der Waals surface area contributed by atoms with E-state index in [0.717, 1.165) is 16.7 Å². The van der Waals surface area contributed by atoms with Crippen molar-refractivity contribution in [2.24, 2.45) is 0 Å². The van der Waals surface area contributed by atoms with Crippen molar-refractivity contribution in [1.29, 1.82) is 0 Å². The monoisotopic (exact) mass is 560 g/mol. The van der Waals surface area contributed by atoms with Gasteiger partial charge in [-0.15, -0.1) is 0 Å². The quantitative estimate of drug-likeness (QED) is 0.343. The summed E-state index contributed by atoms with van der Waals surface area (Å²) < 4.78 is 40.7. The summed E-state index contributed by atoms with van der Waals surface area (Å²) in [5.41, 5.74) is 3.33. The average molecular weight is 561 g/mol. The number of carbonyl (C=O) groups excluding carboxylic acids is 4. The van der Waals surface area contributed by atoms with Gasteiger partial charge < -0.3 is 33.2 Å². The number of hydrogen-bond donors (Lipinski definition) is 0. The molecule has 5 atom stereocenters. The van der Waals surface area contributed by atoms with E-state index in [-0.39, 0.29) is 6.61 Å². The third-order valence-corrected chi connectivity index (χ3v) is 6.61. The fraction of sp³-hybridized carbons (Fsp3) is 0.519. The number of fused-ring (bicyclic) bond motifs is 3. The smallest absolute Gasteiger partial charge is 0.303 e. The number of esters is 4. The van der Waals surface area contributed by atoms with Crippen LogP contribution in [0.3, 0.4) is 0 Å². The number of aromatic nitrogens is 2. The van der Waals surface area contributed by atoms with Crippen LogP contribution in [0.5, 0.6) is 11.5 Å². The van der Waals surface area contributed by atoms with Crippen LogP contribution in [0, 0.1) is 0 Å². The fourth-order valence-corrected chi connectivity index (χ4v) is 5.09. The second-order valence-electron chi connectivity index (χ2n) is 9.42. The van der Waals surface area contributed by atoms with Crippen LogP contribution < -0.4 is 9.47 Å². The number of nitrogens with zero attached hydrogens (tertiary/aromatic N) is 2. The molecule has 13 nitrogen and oxygen atoms in total. The Bertz CT molecular complexity index is 1300. The van der Waals surface area contributed by atoms with Crippen LogP contribution in [0.4, 0.5) is 0 Å². The van der Waals surface area contributed by atoms with Crippen LogP contribution in [0.2, 0.25) is 0 Å².